The Morgan fingerprint density at radius 2 is 2.08 bits per heavy atom. The lowest BCUT2D eigenvalue weighted by molar-refractivity contribution is -0.119. The van der Waals surface area contributed by atoms with Gasteiger partial charge in [0.25, 0.3) is 0 Å². The fraction of sp³-hybridized carbons (Fsp3) is 0.235. The van der Waals surface area contributed by atoms with Gasteiger partial charge in [0, 0.05) is 17.4 Å². The highest BCUT2D eigenvalue weighted by molar-refractivity contribution is 9.10. The van der Waals surface area contributed by atoms with Crippen LogP contribution in [0, 0.1) is 0 Å². The van der Waals surface area contributed by atoms with Crippen molar-refractivity contribution in [3.05, 3.63) is 62.4 Å². The van der Waals surface area contributed by atoms with Gasteiger partial charge in [-0.15, -0.1) is 0 Å². The molecule has 0 fully saturated rings. The summed E-state index contributed by atoms with van der Waals surface area (Å²) < 4.78 is 4.89. The molecule has 1 aromatic carbocycles. The zero-order valence-electron chi connectivity index (χ0n) is 13.9. The van der Waals surface area contributed by atoms with Crippen LogP contribution in [0.4, 0.5) is 5.82 Å². The number of rotatable bonds is 6. The first-order valence-corrected chi connectivity index (χ1v) is 9.91. The van der Waals surface area contributed by atoms with Crippen LogP contribution in [0.2, 0.25) is 5.02 Å². The van der Waals surface area contributed by atoms with Crippen LogP contribution in [-0.4, -0.2) is 25.5 Å². The van der Waals surface area contributed by atoms with E-state index in [9.17, 15) is 4.79 Å². The molecule has 0 bridgehead atoms. The Morgan fingerprint density at radius 3 is 2.73 bits per heavy atom. The molecule has 0 aliphatic rings. The quantitative estimate of drug-likeness (QED) is 0.523. The van der Waals surface area contributed by atoms with Gasteiger partial charge < -0.3 is 5.32 Å². The molecule has 0 aliphatic carbocycles. The molecule has 9 heteroatoms. The van der Waals surface area contributed by atoms with Crippen molar-refractivity contribution in [2.75, 3.05) is 5.32 Å². The summed E-state index contributed by atoms with van der Waals surface area (Å²) in [5, 5.41) is 12.2. The van der Waals surface area contributed by atoms with Gasteiger partial charge in [0.15, 0.2) is 5.82 Å². The highest BCUT2D eigenvalue weighted by Gasteiger charge is 2.21. The van der Waals surface area contributed by atoms with E-state index in [1.807, 2.05) is 37.4 Å². The molecule has 3 aromatic rings. The van der Waals surface area contributed by atoms with Gasteiger partial charge in [0.05, 0.1) is 21.7 Å². The molecule has 2 aromatic heterocycles. The number of nitrogens with one attached hydrogen (secondary N) is 1. The zero-order chi connectivity index (χ0) is 18.7. The summed E-state index contributed by atoms with van der Waals surface area (Å²) >= 11 is 13.0. The molecule has 3 rings (SSSR count). The topological polar surface area (TPSA) is 64.7 Å². The third kappa shape index (κ3) is 4.36. The van der Waals surface area contributed by atoms with E-state index in [0.29, 0.717) is 28.3 Å². The molecule has 0 saturated heterocycles. The van der Waals surface area contributed by atoms with Gasteiger partial charge in [-0.1, -0.05) is 36.7 Å². The van der Waals surface area contributed by atoms with Crippen molar-refractivity contribution >= 4 is 55.2 Å². The van der Waals surface area contributed by atoms with Crippen LogP contribution < -0.4 is 5.32 Å². The van der Waals surface area contributed by atoms with Crippen molar-refractivity contribution in [2.24, 2.45) is 0 Å². The van der Waals surface area contributed by atoms with E-state index in [-0.39, 0.29) is 5.91 Å². The maximum Gasteiger partial charge on any atom is 0.250 e. The number of halogens is 3. The van der Waals surface area contributed by atoms with Gasteiger partial charge in [-0.05, 0) is 49.9 Å². The normalized spacial score (nSPS) is 12.2. The Hall–Kier alpha value is -1.64. The van der Waals surface area contributed by atoms with Gasteiger partial charge in [0.1, 0.15) is 6.04 Å². The van der Waals surface area contributed by atoms with Crippen LogP contribution >= 0.6 is 43.5 Å². The van der Waals surface area contributed by atoms with Gasteiger partial charge in [-0.2, -0.15) is 10.2 Å². The van der Waals surface area contributed by atoms with E-state index in [1.54, 1.807) is 21.8 Å². The van der Waals surface area contributed by atoms with Gasteiger partial charge in [0.2, 0.25) is 5.91 Å². The molecule has 1 atom stereocenters. The molecular formula is C17H16Br2ClN5O. The van der Waals surface area contributed by atoms with E-state index < -0.39 is 6.04 Å². The Bertz CT molecular complexity index is 924. The number of anilines is 1. The van der Waals surface area contributed by atoms with E-state index in [4.69, 9.17) is 11.6 Å². The summed E-state index contributed by atoms with van der Waals surface area (Å²) in [5.41, 5.74) is 0.954. The van der Waals surface area contributed by atoms with Crippen molar-refractivity contribution in [3.8, 4) is 0 Å². The van der Waals surface area contributed by atoms with Crippen molar-refractivity contribution in [2.45, 2.75) is 25.9 Å². The maximum atomic E-state index is 12.6. The molecule has 0 spiro atoms. The number of hydrogen-bond donors (Lipinski definition) is 1. The van der Waals surface area contributed by atoms with Crippen molar-refractivity contribution in [1.82, 2.24) is 19.6 Å². The lowest BCUT2D eigenvalue weighted by atomic mass is 10.2. The highest BCUT2D eigenvalue weighted by atomic mass is 79.9. The Balaban J connectivity index is 1.74. The standard InChI is InChI=1S/C17H16Br2ClN5O/c1-2-15(25-9-12(18)7-21-25)17(26)22-16-13(19)10-24(23-16)8-11-5-3-4-6-14(11)20/h3-7,9-10,15H,2,8H2,1H3,(H,22,23,26). The molecule has 26 heavy (non-hydrogen) atoms. The molecular weight excluding hydrogens is 485 g/mol. The lowest BCUT2D eigenvalue weighted by Gasteiger charge is -2.14. The maximum absolute atomic E-state index is 12.6. The van der Waals surface area contributed by atoms with Crippen LogP contribution in [0.15, 0.2) is 51.8 Å². The molecule has 0 aliphatic heterocycles. The van der Waals surface area contributed by atoms with Crippen LogP contribution in [0.25, 0.3) is 0 Å². The summed E-state index contributed by atoms with van der Waals surface area (Å²) in [6, 6.07) is 7.18. The van der Waals surface area contributed by atoms with Crippen LogP contribution in [0.3, 0.4) is 0 Å². The summed E-state index contributed by atoms with van der Waals surface area (Å²) in [5.74, 6) is 0.290. The van der Waals surface area contributed by atoms with E-state index >= 15 is 0 Å². The summed E-state index contributed by atoms with van der Waals surface area (Å²) in [4.78, 5) is 12.6. The zero-order valence-corrected chi connectivity index (χ0v) is 17.8. The second-order valence-electron chi connectivity index (χ2n) is 5.67. The number of benzene rings is 1. The number of aromatic nitrogens is 4. The molecule has 6 nitrogen and oxygen atoms in total. The highest BCUT2D eigenvalue weighted by Crippen LogP contribution is 2.24. The van der Waals surface area contributed by atoms with E-state index in [0.717, 1.165) is 10.0 Å². The number of hydrogen-bond acceptors (Lipinski definition) is 3. The monoisotopic (exact) mass is 499 g/mol. The SMILES string of the molecule is CCC(C(=O)Nc1nn(Cc2ccccc2Cl)cc1Br)n1cc(Br)cn1. The fourth-order valence-corrected chi connectivity index (χ4v) is 3.45. The van der Waals surface area contributed by atoms with Crippen LogP contribution in [0.5, 0.6) is 0 Å². The molecule has 136 valence electrons. The first-order valence-electron chi connectivity index (χ1n) is 7.94. The largest absolute Gasteiger partial charge is 0.306 e. The molecule has 2 heterocycles. The van der Waals surface area contributed by atoms with E-state index in [2.05, 4.69) is 47.4 Å². The lowest BCUT2D eigenvalue weighted by Crippen LogP contribution is -2.26. The third-order valence-electron chi connectivity index (χ3n) is 3.83. The Kier molecular flexibility index (Phi) is 6.16. The van der Waals surface area contributed by atoms with E-state index in [1.165, 1.54) is 0 Å². The predicted octanol–water partition coefficient (Wildman–Crippen LogP) is 4.90. The molecule has 0 saturated carbocycles. The number of carbonyl (C=O) groups is 1. The van der Waals surface area contributed by atoms with Crippen LogP contribution in [-0.2, 0) is 11.3 Å². The van der Waals surface area contributed by atoms with Crippen molar-refractivity contribution < 1.29 is 4.79 Å². The average molecular weight is 502 g/mol. The first kappa shape index (κ1) is 19.1. The number of nitrogens with zero attached hydrogens (tertiary/aromatic N) is 4. The predicted molar refractivity (Wildman–Crippen MR) is 108 cm³/mol. The van der Waals surface area contributed by atoms with Gasteiger partial charge in [-0.25, -0.2) is 0 Å². The second kappa shape index (κ2) is 8.37. The number of carbonyl (C=O) groups excluding carboxylic acids is 1. The van der Waals surface area contributed by atoms with Crippen molar-refractivity contribution in [1.29, 1.82) is 0 Å². The summed E-state index contributed by atoms with van der Waals surface area (Å²) in [6.45, 7) is 2.45. The van der Waals surface area contributed by atoms with Gasteiger partial charge >= 0.3 is 0 Å². The van der Waals surface area contributed by atoms with Gasteiger partial charge in [-0.3, -0.25) is 14.2 Å². The minimum atomic E-state index is -0.415. The first-order chi connectivity index (χ1) is 12.5. The Morgan fingerprint density at radius 1 is 1.31 bits per heavy atom. The molecule has 1 N–H and O–H groups in total. The molecule has 1 unspecified atom stereocenters. The minimum Gasteiger partial charge on any atom is -0.306 e. The smallest absolute Gasteiger partial charge is 0.250 e. The summed E-state index contributed by atoms with van der Waals surface area (Å²) in [7, 11) is 0. The second-order valence-corrected chi connectivity index (χ2v) is 7.84. The van der Waals surface area contributed by atoms with Crippen LogP contribution in [0.1, 0.15) is 24.9 Å². The van der Waals surface area contributed by atoms with Crippen molar-refractivity contribution in [3.63, 3.8) is 0 Å². The molecule has 1 amide bonds. The minimum absolute atomic E-state index is 0.174. The molecule has 0 radical (unpaired) electrons. The third-order valence-corrected chi connectivity index (χ3v) is 5.19. The number of amides is 1. The Labute approximate surface area is 172 Å². The summed E-state index contributed by atoms with van der Waals surface area (Å²) in [6.07, 6.45) is 5.85. The fourth-order valence-electron chi connectivity index (χ4n) is 2.54. The average Bonchev–Trinajstić information content (AvgIpc) is 3.17.